The molecule has 7 heteroatoms. The van der Waals surface area contributed by atoms with Gasteiger partial charge in [0.2, 0.25) is 10.0 Å². The van der Waals surface area contributed by atoms with E-state index in [1.54, 1.807) is 6.08 Å². The van der Waals surface area contributed by atoms with Crippen molar-refractivity contribution in [2.75, 3.05) is 0 Å². The quantitative estimate of drug-likeness (QED) is 0.697. The third-order valence-corrected chi connectivity index (χ3v) is 4.78. The number of hydrogen-bond donors (Lipinski definition) is 2. The van der Waals surface area contributed by atoms with E-state index in [0.29, 0.717) is 19.3 Å². The molecule has 2 saturated carbocycles. The second-order valence-electron chi connectivity index (χ2n) is 4.26. The average molecular weight is 267 g/mol. The first-order chi connectivity index (χ1) is 6.90. The molecule has 0 bridgehead atoms. The monoisotopic (exact) mass is 266 g/mol. The minimum atomic E-state index is -3.47. The molecule has 2 rings (SSSR count). The van der Waals surface area contributed by atoms with Gasteiger partial charge in [0.25, 0.3) is 5.91 Å². The van der Waals surface area contributed by atoms with Crippen molar-refractivity contribution in [3.63, 3.8) is 0 Å². The SMILES string of the molecule is C=C[C@H]1CC1(N)C(=O)NS(=O)(=O)C1CC1.Cl. The van der Waals surface area contributed by atoms with E-state index in [9.17, 15) is 13.2 Å². The van der Waals surface area contributed by atoms with Crippen LogP contribution in [0.4, 0.5) is 0 Å². The predicted molar refractivity (Wildman–Crippen MR) is 62.6 cm³/mol. The minimum absolute atomic E-state index is 0. The van der Waals surface area contributed by atoms with Gasteiger partial charge in [-0.1, -0.05) is 6.08 Å². The van der Waals surface area contributed by atoms with Gasteiger partial charge < -0.3 is 5.73 Å². The summed E-state index contributed by atoms with van der Waals surface area (Å²) in [5, 5.41) is -0.397. The molecule has 92 valence electrons. The average Bonchev–Trinajstić information content (AvgIpc) is 2.97. The summed E-state index contributed by atoms with van der Waals surface area (Å²) < 4.78 is 25.0. The number of carbonyl (C=O) groups is 1. The fourth-order valence-corrected chi connectivity index (χ4v) is 2.92. The first-order valence-electron chi connectivity index (χ1n) is 4.87. The number of sulfonamides is 1. The van der Waals surface area contributed by atoms with Crippen molar-refractivity contribution in [3.8, 4) is 0 Å². The van der Waals surface area contributed by atoms with Crippen molar-refractivity contribution in [3.05, 3.63) is 12.7 Å². The zero-order chi connectivity index (χ0) is 11.3. The van der Waals surface area contributed by atoms with E-state index in [0.717, 1.165) is 0 Å². The number of nitrogens with two attached hydrogens (primary N) is 1. The van der Waals surface area contributed by atoms with Crippen LogP contribution in [0.15, 0.2) is 12.7 Å². The lowest BCUT2D eigenvalue weighted by Gasteiger charge is -2.11. The third-order valence-electron chi connectivity index (χ3n) is 2.96. The Hall–Kier alpha value is -0.590. The number of amides is 1. The lowest BCUT2D eigenvalue weighted by molar-refractivity contribution is -0.121. The van der Waals surface area contributed by atoms with E-state index in [1.807, 2.05) is 4.72 Å². The first kappa shape index (κ1) is 13.5. The first-order valence-corrected chi connectivity index (χ1v) is 6.42. The van der Waals surface area contributed by atoms with Crippen LogP contribution in [-0.2, 0) is 14.8 Å². The molecule has 0 aromatic rings. The summed E-state index contributed by atoms with van der Waals surface area (Å²) in [6, 6.07) is 0. The van der Waals surface area contributed by atoms with Crippen molar-refractivity contribution >= 4 is 28.3 Å². The fraction of sp³-hybridized carbons (Fsp3) is 0.667. The summed E-state index contributed by atoms with van der Waals surface area (Å²) in [6.45, 7) is 3.54. The molecular weight excluding hydrogens is 252 g/mol. The molecular formula is C9H15ClN2O3S. The molecule has 1 unspecified atom stereocenters. The van der Waals surface area contributed by atoms with Gasteiger partial charge in [-0.05, 0) is 19.3 Å². The summed E-state index contributed by atoms with van der Waals surface area (Å²) in [7, 11) is -3.47. The molecule has 2 fully saturated rings. The van der Waals surface area contributed by atoms with Crippen molar-refractivity contribution in [1.29, 1.82) is 0 Å². The Morgan fingerprint density at radius 2 is 2.06 bits per heavy atom. The lowest BCUT2D eigenvalue weighted by atomic mass is 10.2. The van der Waals surface area contributed by atoms with Crippen LogP contribution in [0.3, 0.4) is 0 Å². The van der Waals surface area contributed by atoms with Crippen LogP contribution in [0.2, 0.25) is 0 Å². The molecule has 0 aromatic carbocycles. The molecule has 2 aliphatic rings. The van der Waals surface area contributed by atoms with Crippen molar-refractivity contribution < 1.29 is 13.2 Å². The van der Waals surface area contributed by atoms with E-state index in [2.05, 4.69) is 6.58 Å². The fourth-order valence-electron chi connectivity index (χ4n) is 1.55. The third kappa shape index (κ3) is 2.23. The predicted octanol–water partition coefficient (Wildman–Crippen LogP) is -0.0800. The highest BCUT2D eigenvalue weighted by Crippen LogP contribution is 2.42. The summed E-state index contributed by atoms with van der Waals surface area (Å²) in [6.07, 6.45) is 3.32. The number of halogens is 1. The molecule has 5 nitrogen and oxygen atoms in total. The van der Waals surface area contributed by atoms with Gasteiger partial charge in [0.1, 0.15) is 5.54 Å². The van der Waals surface area contributed by atoms with Crippen LogP contribution < -0.4 is 10.5 Å². The van der Waals surface area contributed by atoms with E-state index < -0.39 is 26.7 Å². The normalized spacial score (nSPS) is 32.4. The highest BCUT2D eigenvalue weighted by molar-refractivity contribution is 7.90. The van der Waals surface area contributed by atoms with Crippen LogP contribution in [0.1, 0.15) is 19.3 Å². The van der Waals surface area contributed by atoms with Crippen molar-refractivity contribution in [2.45, 2.75) is 30.1 Å². The number of nitrogens with one attached hydrogen (secondary N) is 1. The van der Waals surface area contributed by atoms with E-state index in [-0.39, 0.29) is 18.3 Å². The molecule has 0 spiro atoms. The summed E-state index contributed by atoms with van der Waals surface area (Å²) in [5.41, 5.74) is 4.67. The van der Waals surface area contributed by atoms with Crippen LogP contribution in [-0.4, -0.2) is 25.1 Å². The molecule has 0 heterocycles. The highest BCUT2D eigenvalue weighted by Gasteiger charge is 2.56. The van der Waals surface area contributed by atoms with Gasteiger partial charge in [0, 0.05) is 5.92 Å². The maximum absolute atomic E-state index is 11.6. The molecule has 3 N–H and O–H groups in total. The lowest BCUT2D eigenvalue weighted by Crippen LogP contribution is -2.47. The molecule has 16 heavy (non-hydrogen) atoms. The van der Waals surface area contributed by atoms with Crippen LogP contribution in [0.5, 0.6) is 0 Å². The molecule has 0 radical (unpaired) electrons. The topological polar surface area (TPSA) is 89.3 Å². The Kier molecular flexibility index (Phi) is 3.38. The Balaban J connectivity index is 0.00000128. The van der Waals surface area contributed by atoms with E-state index in [1.165, 1.54) is 0 Å². The standard InChI is InChI=1S/C9H14N2O3S.ClH/c1-2-6-5-9(6,10)8(12)11-15(13,14)7-3-4-7;/h2,6-7H,1,3-5,10H2,(H,11,12);1H/t6-,9?;/m0./s1. The Bertz CT molecular complexity index is 418. The van der Waals surface area contributed by atoms with Gasteiger partial charge >= 0.3 is 0 Å². The molecule has 1 amide bonds. The Labute approximate surface area is 101 Å². The van der Waals surface area contributed by atoms with Gasteiger partial charge in [0.05, 0.1) is 5.25 Å². The maximum atomic E-state index is 11.6. The summed E-state index contributed by atoms with van der Waals surface area (Å²) >= 11 is 0. The number of carbonyl (C=O) groups excluding carboxylic acids is 1. The second-order valence-corrected chi connectivity index (χ2v) is 6.22. The Morgan fingerprint density at radius 3 is 2.44 bits per heavy atom. The minimum Gasteiger partial charge on any atom is -0.317 e. The molecule has 0 saturated heterocycles. The largest absolute Gasteiger partial charge is 0.317 e. The van der Waals surface area contributed by atoms with Crippen molar-refractivity contribution in [2.24, 2.45) is 11.7 Å². The van der Waals surface area contributed by atoms with Crippen molar-refractivity contribution in [1.82, 2.24) is 4.72 Å². The molecule has 0 aromatic heterocycles. The van der Waals surface area contributed by atoms with E-state index in [4.69, 9.17) is 5.73 Å². The van der Waals surface area contributed by atoms with Crippen LogP contribution >= 0.6 is 12.4 Å². The van der Waals surface area contributed by atoms with Crippen LogP contribution in [0.25, 0.3) is 0 Å². The Morgan fingerprint density at radius 1 is 1.50 bits per heavy atom. The smallest absolute Gasteiger partial charge is 0.254 e. The van der Waals surface area contributed by atoms with Crippen LogP contribution in [0, 0.1) is 5.92 Å². The second kappa shape index (κ2) is 4.01. The van der Waals surface area contributed by atoms with E-state index >= 15 is 0 Å². The zero-order valence-electron chi connectivity index (χ0n) is 8.68. The molecule has 2 aliphatic carbocycles. The summed E-state index contributed by atoms with van der Waals surface area (Å²) in [5.74, 6) is -0.703. The van der Waals surface area contributed by atoms with Gasteiger partial charge in [-0.25, -0.2) is 8.42 Å². The number of hydrogen-bond acceptors (Lipinski definition) is 4. The van der Waals surface area contributed by atoms with Gasteiger partial charge in [0.15, 0.2) is 0 Å². The molecule has 0 aliphatic heterocycles. The van der Waals surface area contributed by atoms with Gasteiger partial charge in [-0.3, -0.25) is 9.52 Å². The number of rotatable bonds is 4. The highest BCUT2D eigenvalue weighted by atomic mass is 35.5. The zero-order valence-corrected chi connectivity index (χ0v) is 10.3. The summed E-state index contributed by atoms with van der Waals surface area (Å²) in [4.78, 5) is 11.6. The maximum Gasteiger partial charge on any atom is 0.254 e. The van der Waals surface area contributed by atoms with Gasteiger partial charge in [-0.15, -0.1) is 19.0 Å². The molecule has 2 atom stereocenters. The van der Waals surface area contributed by atoms with Gasteiger partial charge in [-0.2, -0.15) is 0 Å².